The number of imide groups is 1. The molecule has 0 bridgehead atoms. The Balaban J connectivity index is 2.33. The van der Waals surface area contributed by atoms with Crippen LogP contribution in [0.3, 0.4) is 0 Å². The topological polar surface area (TPSA) is 113 Å². The van der Waals surface area contributed by atoms with Crippen LogP contribution in [0.5, 0.6) is 11.5 Å². The van der Waals surface area contributed by atoms with Gasteiger partial charge in [0.15, 0.2) is 11.5 Å². The molecule has 3 rings (SSSR count). The minimum atomic E-state index is -0.630. The Kier molecular flexibility index (Phi) is 3.52. The lowest BCUT2D eigenvalue weighted by Gasteiger charge is -2.17. The Hall–Kier alpha value is -3.29. The molecule has 1 aromatic carbocycles. The second-order valence-corrected chi connectivity index (χ2v) is 5.27. The van der Waals surface area contributed by atoms with Gasteiger partial charge in [-0.05, 0) is 18.6 Å². The average molecular weight is 329 g/mol. The second kappa shape index (κ2) is 5.41. The van der Waals surface area contributed by atoms with Gasteiger partial charge in [-0.3, -0.25) is 24.3 Å². The van der Waals surface area contributed by atoms with Gasteiger partial charge in [0.2, 0.25) is 0 Å². The Morgan fingerprint density at radius 3 is 2.25 bits per heavy atom. The lowest BCUT2D eigenvalue weighted by Crippen LogP contribution is -2.24. The highest BCUT2D eigenvalue weighted by Crippen LogP contribution is 2.33. The molecule has 124 valence electrons. The molecule has 3 N–H and O–H groups in total. The maximum Gasteiger partial charge on any atom is 0.262 e. The van der Waals surface area contributed by atoms with Crippen LogP contribution in [0.25, 0.3) is 5.69 Å². The van der Waals surface area contributed by atoms with Crippen LogP contribution in [0.4, 0.5) is 5.82 Å². The molecule has 0 aliphatic carbocycles. The predicted molar refractivity (Wildman–Crippen MR) is 86.1 cm³/mol. The maximum atomic E-state index is 12.5. The number of aryl methyl sites for hydroxylation is 1. The third-order valence-electron chi connectivity index (χ3n) is 3.90. The number of amides is 2. The summed E-state index contributed by atoms with van der Waals surface area (Å²) in [7, 11) is 2.97. The number of nitrogens with one attached hydrogen (secondary N) is 1. The first-order valence-electron chi connectivity index (χ1n) is 7.03. The third-order valence-corrected chi connectivity index (χ3v) is 3.90. The number of methoxy groups -OCH3 is 2. The van der Waals surface area contributed by atoms with Crippen molar-refractivity contribution in [2.75, 3.05) is 20.0 Å². The summed E-state index contributed by atoms with van der Waals surface area (Å²) in [4.78, 5) is 36.1. The molecule has 0 spiro atoms. The van der Waals surface area contributed by atoms with Gasteiger partial charge in [-0.2, -0.15) is 0 Å². The Morgan fingerprint density at radius 1 is 1.00 bits per heavy atom. The molecule has 1 aliphatic rings. The number of pyridine rings is 1. The van der Waals surface area contributed by atoms with Crippen LogP contribution in [-0.4, -0.2) is 30.6 Å². The zero-order valence-electron chi connectivity index (χ0n) is 13.3. The Morgan fingerprint density at radius 2 is 1.62 bits per heavy atom. The summed E-state index contributed by atoms with van der Waals surface area (Å²) >= 11 is 0. The van der Waals surface area contributed by atoms with Crippen LogP contribution in [0.15, 0.2) is 23.0 Å². The van der Waals surface area contributed by atoms with Crippen LogP contribution < -0.4 is 26.1 Å². The van der Waals surface area contributed by atoms with Crippen molar-refractivity contribution in [1.29, 1.82) is 0 Å². The van der Waals surface area contributed by atoms with E-state index < -0.39 is 17.4 Å². The van der Waals surface area contributed by atoms with E-state index in [9.17, 15) is 14.4 Å². The van der Waals surface area contributed by atoms with Crippen LogP contribution in [0.1, 0.15) is 26.3 Å². The van der Waals surface area contributed by atoms with Crippen molar-refractivity contribution in [3.8, 4) is 17.2 Å². The van der Waals surface area contributed by atoms with Gasteiger partial charge in [0, 0.05) is 12.1 Å². The largest absolute Gasteiger partial charge is 0.493 e. The number of carbonyl (C=O) groups excluding carboxylic acids is 2. The van der Waals surface area contributed by atoms with Gasteiger partial charge in [-0.1, -0.05) is 0 Å². The summed E-state index contributed by atoms with van der Waals surface area (Å²) in [6.07, 6.45) is 0. The van der Waals surface area contributed by atoms with Gasteiger partial charge in [-0.15, -0.1) is 0 Å². The molecule has 0 radical (unpaired) electrons. The van der Waals surface area contributed by atoms with Gasteiger partial charge in [0.05, 0.1) is 31.0 Å². The first-order chi connectivity index (χ1) is 11.4. The Bertz CT molecular complexity index is 946. The highest BCUT2D eigenvalue weighted by atomic mass is 16.5. The number of rotatable bonds is 3. The summed E-state index contributed by atoms with van der Waals surface area (Å²) in [5.74, 6) is -0.449. The molecule has 2 amide bonds. The van der Waals surface area contributed by atoms with Crippen LogP contribution >= 0.6 is 0 Å². The molecule has 8 nitrogen and oxygen atoms in total. The molecule has 24 heavy (non-hydrogen) atoms. The van der Waals surface area contributed by atoms with Crippen molar-refractivity contribution in [3.63, 3.8) is 0 Å². The summed E-state index contributed by atoms with van der Waals surface area (Å²) in [5, 5.41) is 2.13. The number of nitrogens with two attached hydrogens (primary N) is 1. The Labute approximate surface area is 136 Å². The van der Waals surface area contributed by atoms with Gasteiger partial charge in [-0.25, -0.2) is 0 Å². The zero-order valence-corrected chi connectivity index (χ0v) is 13.3. The van der Waals surface area contributed by atoms with Crippen molar-refractivity contribution in [2.45, 2.75) is 6.92 Å². The molecular weight excluding hydrogens is 314 g/mol. The van der Waals surface area contributed by atoms with Crippen molar-refractivity contribution in [3.05, 3.63) is 45.2 Å². The highest BCUT2D eigenvalue weighted by Gasteiger charge is 2.32. The molecule has 1 aliphatic heterocycles. The number of benzene rings is 1. The normalized spacial score (nSPS) is 12.8. The van der Waals surface area contributed by atoms with E-state index in [0.29, 0.717) is 22.7 Å². The van der Waals surface area contributed by atoms with Gasteiger partial charge in [0.1, 0.15) is 5.82 Å². The molecule has 2 heterocycles. The van der Waals surface area contributed by atoms with E-state index in [1.165, 1.54) is 18.8 Å². The van der Waals surface area contributed by atoms with Crippen LogP contribution in [0.2, 0.25) is 0 Å². The van der Waals surface area contributed by atoms with E-state index in [-0.39, 0.29) is 16.9 Å². The molecule has 0 unspecified atom stereocenters. The first-order valence-corrected chi connectivity index (χ1v) is 7.03. The van der Waals surface area contributed by atoms with E-state index in [0.717, 1.165) is 6.07 Å². The number of hydrogen-bond acceptors (Lipinski definition) is 6. The van der Waals surface area contributed by atoms with Crippen molar-refractivity contribution >= 4 is 17.6 Å². The molecule has 0 saturated carbocycles. The number of aromatic nitrogens is 1. The van der Waals surface area contributed by atoms with Gasteiger partial charge >= 0.3 is 0 Å². The smallest absolute Gasteiger partial charge is 0.262 e. The first kappa shape index (κ1) is 15.6. The van der Waals surface area contributed by atoms with E-state index >= 15 is 0 Å². The fraction of sp³-hybridized carbons (Fsp3) is 0.188. The number of nitrogen functional groups attached to an aromatic ring is 1. The summed E-state index contributed by atoms with van der Waals surface area (Å²) in [6, 6.07) is 4.38. The van der Waals surface area contributed by atoms with Crippen molar-refractivity contribution < 1.29 is 19.1 Å². The van der Waals surface area contributed by atoms with E-state index in [4.69, 9.17) is 15.2 Å². The van der Waals surface area contributed by atoms with Gasteiger partial charge < -0.3 is 15.2 Å². The fourth-order valence-electron chi connectivity index (χ4n) is 2.74. The van der Waals surface area contributed by atoms with E-state index in [1.807, 2.05) is 0 Å². The maximum absolute atomic E-state index is 12.5. The average Bonchev–Trinajstić information content (AvgIpc) is 2.82. The highest BCUT2D eigenvalue weighted by molar-refractivity contribution is 6.23. The van der Waals surface area contributed by atoms with E-state index in [1.54, 1.807) is 19.1 Å². The number of ether oxygens (including phenoxy) is 2. The van der Waals surface area contributed by atoms with Crippen molar-refractivity contribution in [2.24, 2.45) is 0 Å². The predicted octanol–water partition coefficient (Wildman–Crippen LogP) is 0.629. The molecule has 0 fully saturated rings. The number of nitrogens with zero attached hydrogens (tertiary/aromatic N) is 1. The third kappa shape index (κ3) is 2.11. The molecule has 0 saturated heterocycles. The number of carbonyl (C=O) groups is 2. The quantitative estimate of drug-likeness (QED) is 0.799. The second-order valence-electron chi connectivity index (χ2n) is 5.27. The molecule has 8 heteroatoms. The zero-order chi connectivity index (χ0) is 17.6. The summed E-state index contributed by atoms with van der Waals surface area (Å²) < 4.78 is 11.6. The lowest BCUT2D eigenvalue weighted by molar-refractivity contribution is 0.0880. The van der Waals surface area contributed by atoms with Crippen LogP contribution in [0, 0.1) is 6.92 Å². The SMILES string of the molecule is COc1cc(C)c(-n2c(N)c3c(cc2=O)C(=O)NC3=O)cc1OC. The fourth-order valence-corrected chi connectivity index (χ4v) is 2.74. The van der Waals surface area contributed by atoms with E-state index in [2.05, 4.69) is 5.32 Å². The monoisotopic (exact) mass is 329 g/mol. The minimum Gasteiger partial charge on any atom is -0.493 e. The summed E-state index contributed by atoms with van der Waals surface area (Å²) in [5.41, 5.74) is 6.61. The van der Waals surface area contributed by atoms with Gasteiger partial charge in [0.25, 0.3) is 17.4 Å². The molecular formula is C16H15N3O5. The summed E-state index contributed by atoms with van der Waals surface area (Å²) in [6.45, 7) is 1.77. The standard InChI is InChI=1S/C16H15N3O5/c1-7-4-10(23-2)11(24-3)6-9(7)19-12(20)5-8-13(14(19)17)16(22)18-15(8)21/h4-6H,17H2,1-3H3,(H,18,21,22). The molecule has 1 aromatic heterocycles. The number of anilines is 1. The minimum absolute atomic E-state index is 0.00575. The van der Waals surface area contributed by atoms with Crippen LogP contribution in [-0.2, 0) is 0 Å². The number of hydrogen-bond donors (Lipinski definition) is 2. The van der Waals surface area contributed by atoms with Crippen molar-refractivity contribution in [1.82, 2.24) is 9.88 Å². The molecule has 0 atom stereocenters. The molecule has 2 aromatic rings. The number of fused-ring (bicyclic) bond motifs is 1. The lowest BCUT2D eigenvalue weighted by atomic mass is 10.1.